The van der Waals surface area contributed by atoms with Gasteiger partial charge in [-0.05, 0) is 47.6 Å². The monoisotopic (exact) mass is 306 g/mol. The third-order valence-electron chi connectivity index (χ3n) is 3.97. The molecule has 0 spiro atoms. The first-order valence-electron chi connectivity index (χ1n) is 7.63. The minimum absolute atomic E-state index is 0.274. The van der Waals surface area contributed by atoms with Crippen molar-refractivity contribution < 1.29 is 13.2 Å². The van der Waals surface area contributed by atoms with Gasteiger partial charge in [-0.1, -0.05) is 45.4 Å². The fraction of sp³-hybridized carbons (Fsp3) is 0.368. The van der Waals surface area contributed by atoms with Crippen molar-refractivity contribution in [2.45, 2.75) is 39.5 Å². The first-order valence-corrected chi connectivity index (χ1v) is 7.63. The predicted molar refractivity (Wildman–Crippen MR) is 84.2 cm³/mol. The largest absolute Gasteiger partial charge is 0.206 e. The van der Waals surface area contributed by atoms with Crippen molar-refractivity contribution in [1.29, 1.82) is 0 Å². The quantitative estimate of drug-likeness (QED) is 0.607. The van der Waals surface area contributed by atoms with Gasteiger partial charge in [0.1, 0.15) is 5.82 Å². The summed E-state index contributed by atoms with van der Waals surface area (Å²) in [6.07, 6.45) is 2.09. The van der Waals surface area contributed by atoms with Crippen LogP contribution in [0.3, 0.4) is 0 Å². The highest BCUT2D eigenvalue weighted by Crippen LogP contribution is 2.29. The molecule has 2 aromatic carbocycles. The topological polar surface area (TPSA) is 0 Å². The molecule has 0 bridgehead atoms. The van der Waals surface area contributed by atoms with Gasteiger partial charge in [0.2, 0.25) is 0 Å². The van der Waals surface area contributed by atoms with Crippen molar-refractivity contribution in [3.05, 3.63) is 59.4 Å². The highest BCUT2D eigenvalue weighted by atomic mass is 19.2. The lowest BCUT2D eigenvalue weighted by molar-refractivity contribution is 0.509. The maximum atomic E-state index is 14.3. The summed E-state index contributed by atoms with van der Waals surface area (Å²) in [5.41, 5.74) is 1.57. The van der Waals surface area contributed by atoms with E-state index >= 15 is 0 Å². The minimum Gasteiger partial charge on any atom is -0.206 e. The SMILES string of the molecule is CC(C)CCC(C)c1ccc(-c2ccc(F)c(F)c2)c(F)c1. The fourth-order valence-corrected chi connectivity index (χ4v) is 2.49. The van der Waals surface area contributed by atoms with Gasteiger partial charge in [0.25, 0.3) is 0 Å². The molecule has 3 heteroatoms. The Labute approximate surface area is 130 Å². The zero-order valence-corrected chi connectivity index (χ0v) is 13.2. The molecule has 0 amide bonds. The Bertz CT molecular complexity index is 647. The minimum atomic E-state index is -0.966. The molecule has 1 atom stereocenters. The average molecular weight is 306 g/mol. The van der Waals surface area contributed by atoms with Gasteiger partial charge in [-0.2, -0.15) is 0 Å². The molecule has 0 nitrogen and oxygen atoms in total. The van der Waals surface area contributed by atoms with Gasteiger partial charge < -0.3 is 0 Å². The van der Waals surface area contributed by atoms with Crippen LogP contribution in [0.25, 0.3) is 11.1 Å². The Morgan fingerprint density at radius 2 is 1.50 bits per heavy atom. The van der Waals surface area contributed by atoms with E-state index in [2.05, 4.69) is 20.8 Å². The lowest BCUT2D eigenvalue weighted by atomic mass is 9.91. The average Bonchev–Trinajstić information content (AvgIpc) is 2.47. The number of hydrogen-bond acceptors (Lipinski definition) is 0. The van der Waals surface area contributed by atoms with Crippen molar-refractivity contribution in [2.24, 2.45) is 5.92 Å². The second-order valence-corrected chi connectivity index (χ2v) is 6.24. The van der Waals surface area contributed by atoms with Gasteiger partial charge >= 0.3 is 0 Å². The molecule has 22 heavy (non-hydrogen) atoms. The van der Waals surface area contributed by atoms with E-state index in [0.717, 1.165) is 30.5 Å². The summed E-state index contributed by atoms with van der Waals surface area (Å²) in [4.78, 5) is 0. The molecule has 0 saturated carbocycles. The Hall–Kier alpha value is -1.77. The van der Waals surface area contributed by atoms with E-state index < -0.39 is 17.5 Å². The van der Waals surface area contributed by atoms with E-state index in [1.807, 2.05) is 6.07 Å². The summed E-state index contributed by atoms with van der Waals surface area (Å²) in [6.45, 7) is 6.41. The molecule has 118 valence electrons. The standard InChI is InChI=1S/C19H21F3/c1-12(2)4-5-13(3)14-6-8-16(18(21)10-14)15-7-9-17(20)19(22)11-15/h6-13H,4-5H2,1-3H3. The highest BCUT2D eigenvalue weighted by molar-refractivity contribution is 5.64. The fourth-order valence-electron chi connectivity index (χ4n) is 2.49. The zero-order chi connectivity index (χ0) is 16.3. The molecule has 0 N–H and O–H groups in total. The van der Waals surface area contributed by atoms with Crippen LogP contribution in [0.2, 0.25) is 0 Å². The lowest BCUT2D eigenvalue weighted by Crippen LogP contribution is -1.98. The Morgan fingerprint density at radius 3 is 2.09 bits per heavy atom. The first kappa shape index (κ1) is 16.6. The maximum absolute atomic E-state index is 14.3. The lowest BCUT2D eigenvalue weighted by Gasteiger charge is -2.15. The molecule has 0 aliphatic carbocycles. The van der Waals surface area contributed by atoms with E-state index in [-0.39, 0.29) is 5.92 Å². The summed E-state index contributed by atoms with van der Waals surface area (Å²) in [5, 5.41) is 0. The van der Waals surface area contributed by atoms with Crippen LogP contribution in [0, 0.1) is 23.4 Å². The summed E-state index contributed by atoms with van der Waals surface area (Å²) in [7, 11) is 0. The Morgan fingerprint density at radius 1 is 0.773 bits per heavy atom. The molecular formula is C19H21F3. The smallest absolute Gasteiger partial charge is 0.159 e. The molecular weight excluding hydrogens is 285 g/mol. The third kappa shape index (κ3) is 3.90. The van der Waals surface area contributed by atoms with Gasteiger partial charge in [-0.15, -0.1) is 0 Å². The predicted octanol–water partition coefficient (Wildman–Crippen LogP) is 6.31. The molecule has 0 radical (unpaired) electrons. The number of rotatable bonds is 5. The molecule has 0 heterocycles. The van der Waals surface area contributed by atoms with Crippen LogP contribution >= 0.6 is 0 Å². The van der Waals surface area contributed by atoms with Gasteiger partial charge in [-0.25, -0.2) is 13.2 Å². The molecule has 1 unspecified atom stereocenters. The van der Waals surface area contributed by atoms with Gasteiger partial charge in [0.05, 0.1) is 0 Å². The summed E-state index contributed by atoms with van der Waals surface area (Å²) in [5.74, 6) is -1.40. The van der Waals surface area contributed by atoms with Gasteiger partial charge in [-0.3, -0.25) is 0 Å². The Kier molecular flexibility index (Phi) is 5.28. The van der Waals surface area contributed by atoms with Crippen molar-refractivity contribution in [3.8, 4) is 11.1 Å². The first-order chi connectivity index (χ1) is 10.4. The van der Waals surface area contributed by atoms with E-state index in [1.54, 1.807) is 6.07 Å². The van der Waals surface area contributed by atoms with Crippen LogP contribution in [-0.2, 0) is 0 Å². The Balaban J connectivity index is 2.24. The van der Waals surface area contributed by atoms with E-state index in [4.69, 9.17) is 0 Å². The number of halogens is 3. The molecule has 0 aliphatic heterocycles. The molecule has 2 aromatic rings. The van der Waals surface area contributed by atoms with Crippen LogP contribution in [0.1, 0.15) is 45.1 Å². The van der Waals surface area contributed by atoms with Crippen molar-refractivity contribution >= 4 is 0 Å². The van der Waals surface area contributed by atoms with Crippen molar-refractivity contribution in [2.75, 3.05) is 0 Å². The second-order valence-electron chi connectivity index (χ2n) is 6.24. The van der Waals surface area contributed by atoms with Crippen LogP contribution in [0.4, 0.5) is 13.2 Å². The highest BCUT2D eigenvalue weighted by Gasteiger charge is 2.12. The van der Waals surface area contributed by atoms with Crippen molar-refractivity contribution in [1.82, 2.24) is 0 Å². The number of benzene rings is 2. The molecule has 0 saturated heterocycles. The second kappa shape index (κ2) is 6.99. The molecule has 0 aromatic heterocycles. The normalized spacial score (nSPS) is 12.7. The summed E-state index contributed by atoms with van der Waals surface area (Å²) < 4.78 is 40.6. The van der Waals surface area contributed by atoms with Crippen molar-refractivity contribution in [3.63, 3.8) is 0 Å². The van der Waals surface area contributed by atoms with E-state index in [0.29, 0.717) is 17.0 Å². The molecule has 0 fully saturated rings. The third-order valence-corrected chi connectivity index (χ3v) is 3.97. The van der Waals surface area contributed by atoms with E-state index in [1.165, 1.54) is 12.1 Å². The van der Waals surface area contributed by atoms with E-state index in [9.17, 15) is 13.2 Å². The van der Waals surface area contributed by atoms with Gasteiger partial charge in [0, 0.05) is 5.56 Å². The summed E-state index contributed by atoms with van der Waals surface area (Å²) >= 11 is 0. The van der Waals surface area contributed by atoms with Crippen LogP contribution in [-0.4, -0.2) is 0 Å². The van der Waals surface area contributed by atoms with Crippen LogP contribution in [0.15, 0.2) is 36.4 Å². The molecule has 0 aliphatic rings. The maximum Gasteiger partial charge on any atom is 0.159 e. The zero-order valence-electron chi connectivity index (χ0n) is 13.2. The van der Waals surface area contributed by atoms with Crippen LogP contribution in [0.5, 0.6) is 0 Å². The number of hydrogen-bond donors (Lipinski definition) is 0. The van der Waals surface area contributed by atoms with Gasteiger partial charge in [0.15, 0.2) is 11.6 Å². The van der Waals surface area contributed by atoms with Crippen LogP contribution < -0.4 is 0 Å². The molecule has 2 rings (SSSR count). The summed E-state index contributed by atoms with van der Waals surface area (Å²) in [6, 6.07) is 8.44.